The molecule has 6 nitrogen and oxygen atoms in total. The van der Waals surface area contributed by atoms with E-state index in [0.29, 0.717) is 17.1 Å². The topological polar surface area (TPSA) is 80.3 Å². The maximum Gasteiger partial charge on any atom is 0.339 e. The molecule has 3 rings (SSSR count). The van der Waals surface area contributed by atoms with E-state index in [1.54, 1.807) is 42.5 Å². The molecule has 1 heterocycles. The minimum absolute atomic E-state index is 0.243. The van der Waals surface area contributed by atoms with Crippen molar-refractivity contribution in [3.63, 3.8) is 0 Å². The second kappa shape index (κ2) is 8.09. The predicted octanol–water partition coefficient (Wildman–Crippen LogP) is 4.00. The van der Waals surface area contributed by atoms with Gasteiger partial charge in [0.1, 0.15) is 11.6 Å². The van der Waals surface area contributed by atoms with Gasteiger partial charge in [-0.05, 0) is 36.4 Å². The van der Waals surface area contributed by atoms with Crippen molar-refractivity contribution in [2.75, 3.05) is 17.7 Å². The molecule has 3 aromatic rings. The minimum atomic E-state index is -0.553. The number of nitrogens with one attached hydrogen (secondary N) is 2. The van der Waals surface area contributed by atoms with Gasteiger partial charge in [0.15, 0.2) is 0 Å². The number of anilines is 3. The first-order valence-electron chi connectivity index (χ1n) is 8.05. The highest BCUT2D eigenvalue weighted by Gasteiger charge is 2.15. The molecule has 136 valence electrons. The minimum Gasteiger partial charge on any atom is -0.465 e. The number of benzene rings is 2. The molecule has 2 aromatic carbocycles. The Bertz CT molecular complexity index is 991. The van der Waals surface area contributed by atoms with Crippen LogP contribution in [0.1, 0.15) is 20.7 Å². The number of amides is 1. The van der Waals surface area contributed by atoms with Crippen molar-refractivity contribution in [1.29, 1.82) is 0 Å². The number of aromatic nitrogens is 1. The monoisotopic (exact) mass is 365 g/mol. The quantitative estimate of drug-likeness (QED) is 0.668. The molecule has 0 unspecified atom stereocenters. The fourth-order valence-electron chi connectivity index (χ4n) is 2.42. The van der Waals surface area contributed by atoms with Crippen LogP contribution < -0.4 is 10.6 Å². The number of hydrogen-bond acceptors (Lipinski definition) is 5. The summed E-state index contributed by atoms with van der Waals surface area (Å²) in [5.74, 6) is -1.11. The van der Waals surface area contributed by atoms with Crippen LogP contribution in [0.2, 0.25) is 0 Å². The Hall–Kier alpha value is -3.74. The van der Waals surface area contributed by atoms with Gasteiger partial charge < -0.3 is 15.4 Å². The Morgan fingerprint density at radius 3 is 2.44 bits per heavy atom. The van der Waals surface area contributed by atoms with E-state index < -0.39 is 17.7 Å². The van der Waals surface area contributed by atoms with E-state index in [0.717, 1.165) is 0 Å². The second-order valence-corrected chi connectivity index (χ2v) is 5.53. The second-order valence-electron chi connectivity index (χ2n) is 5.53. The molecule has 0 saturated heterocycles. The van der Waals surface area contributed by atoms with Crippen LogP contribution in [-0.2, 0) is 4.74 Å². The van der Waals surface area contributed by atoms with E-state index in [-0.39, 0.29) is 11.3 Å². The van der Waals surface area contributed by atoms with Gasteiger partial charge in [0.2, 0.25) is 0 Å². The molecule has 0 fully saturated rings. The average Bonchev–Trinajstić information content (AvgIpc) is 2.70. The van der Waals surface area contributed by atoms with Gasteiger partial charge in [0.05, 0.1) is 24.0 Å². The van der Waals surface area contributed by atoms with Gasteiger partial charge in [-0.15, -0.1) is 0 Å². The van der Waals surface area contributed by atoms with Crippen LogP contribution in [0.4, 0.5) is 21.6 Å². The van der Waals surface area contributed by atoms with Crippen LogP contribution in [0, 0.1) is 5.82 Å². The van der Waals surface area contributed by atoms with Crippen LogP contribution in [0.5, 0.6) is 0 Å². The summed E-state index contributed by atoms with van der Waals surface area (Å²) in [6, 6.07) is 15.7. The van der Waals surface area contributed by atoms with Crippen molar-refractivity contribution >= 4 is 29.1 Å². The number of pyridine rings is 1. The van der Waals surface area contributed by atoms with E-state index in [1.165, 1.54) is 31.5 Å². The summed E-state index contributed by atoms with van der Waals surface area (Å²) in [5, 5.41) is 5.50. The standard InChI is InChI=1S/C20H16FN3O3/c1-27-20(26)14-6-2-4-8-16(14)24-19(25)13-10-11-22-18(12-13)23-17-9-5-3-7-15(17)21/h2-12H,1H3,(H,22,23)(H,24,25). The van der Waals surface area contributed by atoms with Crippen molar-refractivity contribution in [2.45, 2.75) is 0 Å². The van der Waals surface area contributed by atoms with Gasteiger partial charge in [-0.2, -0.15) is 0 Å². The normalized spacial score (nSPS) is 10.1. The molecule has 27 heavy (non-hydrogen) atoms. The Morgan fingerprint density at radius 2 is 1.70 bits per heavy atom. The lowest BCUT2D eigenvalue weighted by molar-refractivity contribution is 0.0602. The van der Waals surface area contributed by atoms with Gasteiger partial charge in [0, 0.05) is 11.8 Å². The maximum absolute atomic E-state index is 13.8. The summed E-state index contributed by atoms with van der Waals surface area (Å²) < 4.78 is 18.5. The molecule has 0 aliphatic rings. The lowest BCUT2D eigenvalue weighted by Crippen LogP contribution is -2.15. The first kappa shape index (κ1) is 18.1. The molecule has 0 aliphatic carbocycles. The number of hydrogen-bond donors (Lipinski definition) is 2. The Morgan fingerprint density at radius 1 is 1.00 bits per heavy atom. The first-order chi connectivity index (χ1) is 13.1. The van der Waals surface area contributed by atoms with E-state index >= 15 is 0 Å². The first-order valence-corrected chi connectivity index (χ1v) is 8.05. The third-order valence-corrected chi connectivity index (χ3v) is 3.74. The van der Waals surface area contributed by atoms with Crippen LogP contribution in [-0.4, -0.2) is 24.0 Å². The van der Waals surface area contributed by atoms with Crippen molar-refractivity contribution in [1.82, 2.24) is 4.98 Å². The molecule has 0 aliphatic heterocycles. The molecule has 0 bridgehead atoms. The number of rotatable bonds is 5. The number of ether oxygens (including phenoxy) is 1. The molecule has 1 amide bonds. The van der Waals surface area contributed by atoms with Gasteiger partial charge >= 0.3 is 5.97 Å². The van der Waals surface area contributed by atoms with E-state index in [9.17, 15) is 14.0 Å². The molecule has 2 N–H and O–H groups in total. The van der Waals surface area contributed by atoms with Gasteiger partial charge in [-0.3, -0.25) is 4.79 Å². The summed E-state index contributed by atoms with van der Waals surface area (Å²) in [6.07, 6.45) is 1.43. The number of esters is 1. The summed E-state index contributed by atoms with van der Waals surface area (Å²) in [6.45, 7) is 0. The molecular formula is C20H16FN3O3. The number of carbonyl (C=O) groups excluding carboxylic acids is 2. The summed E-state index contributed by atoms with van der Waals surface area (Å²) >= 11 is 0. The van der Waals surface area contributed by atoms with Gasteiger partial charge in [0.25, 0.3) is 5.91 Å². The van der Waals surface area contributed by atoms with Crippen LogP contribution in [0.15, 0.2) is 66.9 Å². The maximum atomic E-state index is 13.8. The number of carbonyl (C=O) groups is 2. The molecule has 1 aromatic heterocycles. The van der Waals surface area contributed by atoms with Crippen molar-refractivity contribution in [3.05, 3.63) is 83.8 Å². The number of para-hydroxylation sites is 2. The molecule has 0 spiro atoms. The zero-order valence-electron chi connectivity index (χ0n) is 14.4. The van der Waals surface area contributed by atoms with E-state index in [1.807, 2.05) is 0 Å². The van der Waals surface area contributed by atoms with Crippen LogP contribution in [0.3, 0.4) is 0 Å². The largest absolute Gasteiger partial charge is 0.465 e. The fourth-order valence-corrected chi connectivity index (χ4v) is 2.42. The van der Waals surface area contributed by atoms with Crippen LogP contribution >= 0.6 is 0 Å². The Kier molecular flexibility index (Phi) is 5.41. The molecular weight excluding hydrogens is 349 g/mol. The Balaban J connectivity index is 1.81. The highest BCUT2D eigenvalue weighted by atomic mass is 19.1. The number of methoxy groups -OCH3 is 1. The SMILES string of the molecule is COC(=O)c1ccccc1NC(=O)c1ccnc(Nc2ccccc2F)c1. The van der Waals surface area contributed by atoms with Crippen molar-refractivity contribution in [3.8, 4) is 0 Å². The lowest BCUT2D eigenvalue weighted by Gasteiger charge is -2.11. The third-order valence-electron chi connectivity index (χ3n) is 3.74. The molecule has 7 heteroatoms. The highest BCUT2D eigenvalue weighted by Crippen LogP contribution is 2.20. The van der Waals surface area contributed by atoms with E-state index in [2.05, 4.69) is 15.6 Å². The van der Waals surface area contributed by atoms with Crippen molar-refractivity contribution in [2.24, 2.45) is 0 Å². The summed E-state index contributed by atoms with van der Waals surface area (Å²) in [7, 11) is 1.27. The Labute approximate surface area is 155 Å². The number of halogens is 1. The predicted molar refractivity (Wildman–Crippen MR) is 99.7 cm³/mol. The van der Waals surface area contributed by atoms with E-state index in [4.69, 9.17) is 4.74 Å². The smallest absolute Gasteiger partial charge is 0.339 e. The molecule has 0 atom stereocenters. The summed E-state index contributed by atoms with van der Waals surface area (Å²) in [5.41, 5.74) is 1.11. The highest BCUT2D eigenvalue weighted by molar-refractivity contribution is 6.08. The molecule has 0 saturated carbocycles. The van der Waals surface area contributed by atoms with Gasteiger partial charge in [-0.1, -0.05) is 24.3 Å². The third kappa shape index (κ3) is 4.27. The van der Waals surface area contributed by atoms with Gasteiger partial charge in [-0.25, -0.2) is 14.2 Å². The fraction of sp³-hybridized carbons (Fsp3) is 0.0500. The van der Waals surface area contributed by atoms with Crippen LogP contribution in [0.25, 0.3) is 0 Å². The average molecular weight is 365 g/mol. The zero-order valence-corrected chi connectivity index (χ0v) is 14.4. The molecule has 0 radical (unpaired) electrons. The summed E-state index contributed by atoms with van der Waals surface area (Å²) in [4.78, 5) is 28.5. The zero-order chi connectivity index (χ0) is 19.2. The van der Waals surface area contributed by atoms with Crippen molar-refractivity contribution < 1.29 is 18.7 Å². The number of nitrogens with zero attached hydrogens (tertiary/aromatic N) is 1. The lowest BCUT2D eigenvalue weighted by atomic mass is 10.1.